The van der Waals surface area contributed by atoms with Gasteiger partial charge in [0.15, 0.2) is 0 Å². The largest absolute Gasteiger partial charge is 0.508 e. The van der Waals surface area contributed by atoms with Gasteiger partial charge in [-0.1, -0.05) is 43.7 Å². The molecule has 1 atom stereocenters. The van der Waals surface area contributed by atoms with Crippen molar-refractivity contribution in [2.45, 2.75) is 31.7 Å². The van der Waals surface area contributed by atoms with Gasteiger partial charge in [0.05, 0.1) is 29.6 Å². The van der Waals surface area contributed by atoms with Gasteiger partial charge < -0.3 is 19.8 Å². The number of allylic oxidation sites excluding steroid dienone is 1. The molecule has 5 nitrogen and oxygen atoms in total. The number of thiocarbonyl (C=S) groups is 1. The lowest BCUT2D eigenvalue weighted by Crippen LogP contribution is -2.39. The number of phenolic OH excluding ortho intramolecular Hbond substituents is 2. The first-order valence-electron chi connectivity index (χ1n) is 11.2. The van der Waals surface area contributed by atoms with Crippen LogP contribution < -0.4 is 9.64 Å². The fraction of sp³-hybridized carbons (Fsp3) is 0.214. The zero-order valence-electron chi connectivity index (χ0n) is 19.8. The zero-order chi connectivity index (χ0) is 25.3. The van der Waals surface area contributed by atoms with Crippen molar-refractivity contribution in [1.29, 1.82) is 0 Å². The summed E-state index contributed by atoms with van der Waals surface area (Å²) in [5, 5.41) is 21.5. The summed E-state index contributed by atoms with van der Waals surface area (Å²) in [6.07, 6.45) is 2.30. The number of benzene rings is 3. The van der Waals surface area contributed by atoms with Crippen molar-refractivity contribution in [1.82, 2.24) is 0 Å². The third-order valence-corrected chi connectivity index (χ3v) is 6.97. The predicted molar refractivity (Wildman–Crippen MR) is 146 cm³/mol. The van der Waals surface area contributed by atoms with Crippen molar-refractivity contribution in [2.75, 3.05) is 12.0 Å². The number of ether oxygens (including phenoxy) is 1. The molecule has 0 aliphatic carbocycles. The van der Waals surface area contributed by atoms with E-state index in [1.165, 1.54) is 0 Å². The van der Waals surface area contributed by atoms with E-state index in [2.05, 4.69) is 6.58 Å². The molecular formula is C28H27ClN2O3S. The molecule has 4 rings (SSSR count). The van der Waals surface area contributed by atoms with Gasteiger partial charge in [0, 0.05) is 29.0 Å². The average molecular weight is 507 g/mol. The monoisotopic (exact) mass is 506 g/mol. The highest BCUT2D eigenvalue weighted by Gasteiger charge is 2.35. The van der Waals surface area contributed by atoms with E-state index in [9.17, 15) is 10.2 Å². The molecule has 2 N–H and O–H groups in total. The summed E-state index contributed by atoms with van der Waals surface area (Å²) in [5.74, 6) is 0.840. The smallest absolute Gasteiger partial charge is 0.200 e. The van der Waals surface area contributed by atoms with Crippen LogP contribution in [0.1, 0.15) is 43.0 Å². The van der Waals surface area contributed by atoms with Crippen molar-refractivity contribution in [3.63, 3.8) is 0 Å². The molecule has 0 saturated carbocycles. The Hall–Kier alpha value is -3.35. The van der Waals surface area contributed by atoms with Crippen LogP contribution in [0.5, 0.6) is 17.2 Å². The number of halogens is 1. The average Bonchev–Trinajstić information content (AvgIpc) is 2.84. The highest BCUT2D eigenvalue weighted by atomic mass is 35.5. The molecule has 0 saturated heterocycles. The first-order chi connectivity index (χ1) is 16.7. The zero-order valence-corrected chi connectivity index (χ0v) is 21.4. The SMILES string of the molecule is C=CC(C)(C)c1cc(C2CC(c3ccc(O)cc3)=NC(=S)N2c2ccccc2Cl)c(OC)cc1O. The van der Waals surface area contributed by atoms with E-state index in [0.29, 0.717) is 22.3 Å². The highest BCUT2D eigenvalue weighted by Crippen LogP contribution is 2.45. The molecule has 35 heavy (non-hydrogen) atoms. The lowest BCUT2D eigenvalue weighted by molar-refractivity contribution is 0.395. The first kappa shape index (κ1) is 24.8. The number of hydrogen-bond donors (Lipinski definition) is 2. The van der Waals surface area contributed by atoms with Gasteiger partial charge in [-0.3, -0.25) is 0 Å². The Bertz CT molecular complexity index is 1320. The number of anilines is 1. The lowest BCUT2D eigenvalue weighted by Gasteiger charge is -2.38. The number of aliphatic imine (C=N–C) groups is 1. The van der Waals surface area contributed by atoms with Crippen LogP contribution in [-0.2, 0) is 5.41 Å². The van der Waals surface area contributed by atoms with E-state index in [1.807, 2.05) is 61.2 Å². The summed E-state index contributed by atoms with van der Waals surface area (Å²) in [6, 6.07) is 17.6. The summed E-state index contributed by atoms with van der Waals surface area (Å²) < 4.78 is 5.73. The van der Waals surface area contributed by atoms with Crippen molar-refractivity contribution in [2.24, 2.45) is 4.99 Å². The predicted octanol–water partition coefficient (Wildman–Crippen LogP) is 6.95. The van der Waals surface area contributed by atoms with Crippen molar-refractivity contribution in [3.8, 4) is 17.2 Å². The molecule has 1 aliphatic heterocycles. The molecule has 0 aromatic heterocycles. The molecule has 7 heteroatoms. The van der Waals surface area contributed by atoms with Gasteiger partial charge in [0.2, 0.25) is 5.11 Å². The maximum atomic E-state index is 10.8. The number of para-hydroxylation sites is 1. The van der Waals surface area contributed by atoms with Crippen LogP contribution in [0.4, 0.5) is 5.69 Å². The second-order valence-corrected chi connectivity index (χ2v) is 9.74. The summed E-state index contributed by atoms with van der Waals surface area (Å²) in [5.41, 5.74) is 3.45. The van der Waals surface area contributed by atoms with Crippen molar-refractivity contribution < 1.29 is 14.9 Å². The second-order valence-electron chi connectivity index (χ2n) is 8.97. The third kappa shape index (κ3) is 4.77. The topological polar surface area (TPSA) is 65.3 Å². The van der Waals surface area contributed by atoms with Gasteiger partial charge in [0.25, 0.3) is 0 Å². The number of methoxy groups -OCH3 is 1. The minimum Gasteiger partial charge on any atom is -0.508 e. The highest BCUT2D eigenvalue weighted by molar-refractivity contribution is 7.80. The van der Waals surface area contributed by atoms with Gasteiger partial charge in [-0.2, -0.15) is 0 Å². The molecule has 180 valence electrons. The number of nitrogens with zero attached hydrogens (tertiary/aromatic N) is 2. The summed E-state index contributed by atoms with van der Waals surface area (Å²) in [4.78, 5) is 6.68. The first-order valence-corrected chi connectivity index (χ1v) is 11.9. The quantitative estimate of drug-likeness (QED) is 0.280. The van der Waals surface area contributed by atoms with Crippen LogP contribution >= 0.6 is 23.8 Å². The fourth-order valence-corrected chi connectivity index (χ4v) is 4.84. The van der Waals surface area contributed by atoms with E-state index in [0.717, 1.165) is 28.1 Å². The molecule has 1 aliphatic rings. The summed E-state index contributed by atoms with van der Waals surface area (Å²) in [6.45, 7) is 7.93. The summed E-state index contributed by atoms with van der Waals surface area (Å²) >= 11 is 12.4. The number of hydrogen-bond acceptors (Lipinski definition) is 4. The summed E-state index contributed by atoms with van der Waals surface area (Å²) in [7, 11) is 1.58. The Morgan fingerprint density at radius 2 is 1.83 bits per heavy atom. The van der Waals surface area contributed by atoms with E-state index in [4.69, 9.17) is 33.5 Å². The van der Waals surface area contributed by atoms with E-state index in [-0.39, 0.29) is 17.5 Å². The molecule has 1 unspecified atom stereocenters. The number of aromatic hydroxyl groups is 2. The Morgan fingerprint density at radius 3 is 2.46 bits per heavy atom. The van der Waals surface area contributed by atoms with Crippen LogP contribution in [0.2, 0.25) is 5.02 Å². The molecule has 1 heterocycles. The van der Waals surface area contributed by atoms with Gasteiger partial charge >= 0.3 is 0 Å². The van der Waals surface area contributed by atoms with Gasteiger partial charge in [0.1, 0.15) is 17.2 Å². The molecule has 3 aromatic rings. The maximum Gasteiger partial charge on any atom is 0.200 e. The van der Waals surface area contributed by atoms with E-state index < -0.39 is 5.41 Å². The molecular weight excluding hydrogens is 480 g/mol. The van der Waals surface area contributed by atoms with E-state index in [1.54, 1.807) is 31.4 Å². The standard InChI is InChI=1S/C28H27ClN2O3S/c1-5-28(2,3)20-14-19(26(34-4)16-25(20)33)24-15-22(17-10-12-18(32)13-11-17)30-27(35)31(24)23-9-7-6-8-21(23)29/h5-14,16,24,32-33H,1,15H2,2-4H3. The Morgan fingerprint density at radius 1 is 1.14 bits per heavy atom. The fourth-order valence-electron chi connectivity index (χ4n) is 4.28. The Labute approximate surface area is 216 Å². The second kappa shape index (κ2) is 9.72. The number of phenols is 2. The normalized spacial score (nSPS) is 16.1. The van der Waals surface area contributed by atoms with Gasteiger partial charge in [-0.05, 0) is 60.2 Å². The molecule has 0 radical (unpaired) electrons. The lowest BCUT2D eigenvalue weighted by atomic mass is 9.81. The van der Waals surface area contributed by atoms with Crippen LogP contribution in [0.3, 0.4) is 0 Å². The number of rotatable bonds is 6. The minimum atomic E-state index is -0.483. The van der Waals surface area contributed by atoms with E-state index >= 15 is 0 Å². The van der Waals surface area contributed by atoms with Crippen molar-refractivity contribution in [3.05, 3.63) is 95.0 Å². The molecule has 0 fully saturated rings. The Kier molecular flexibility index (Phi) is 6.88. The van der Waals surface area contributed by atoms with Crippen LogP contribution in [0.25, 0.3) is 0 Å². The van der Waals surface area contributed by atoms with Gasteiger partial charge in [-0.15, -0.1) is 6.58 Å². The van der Waals surface area contributed by atoms with Crippen molar-refractivity contribution >= 4 is 40.3 Å². The van der Waals surface area contributed by atoms with Gasteiger partial charge in [-0.25, -0.2) is 4.99 Å². The molecule has 3 aromatic carbocycles. The molecule has 0 bridgehead atoms. The molecule has 0 spiro atoms. The maximum absolute atomic E-state index is 10.8. The minimum absolute atomic E-state index is 0.130. The molecule has 0 amide bonds. The Balaban J connectivity index is 1.94. The van der Waals surface area contributed by atoms with Crippen LogP contribution in [0, 0.1) is 0 Å². The van der Waals surface area contributed by atoms with Crippen LogP contribution in [0.15, 0.2) is 78.3 Å². The third-order valence-electron chi connectivity index (χ3n) is 6.36. The van der Waals surface area contributed by atoms with Crippen LogP contribution in [-0.4, -0.2) is 28.1 Å².